The molecule has 2 saturated carbocycles. The third kappa shape index (κ3) is 4.63. The first-order valence-electron chi connectivity index (χ1n) is 11.3. The van der Waals surface area contributed by atoms with Crippen LogP contribution in [0.3, 0.4) is 0 Å². The Morgan fingerprint density at radius 3 is 2.45 bits per heavy atom. The van der Waals surface area contributed by atoms with Crippen LogP contribution in [0.15, 0.2) is 18.2 Å². The van der Waals surface area contributed by atoms with Gasteiger partial charge in [-0.2, -0.15) is 0 Å². The Kier molecular flexibility index (Phi) is 7.26. The Morgan fingerprint density at radius 2 is 1.83 bits per heavy atom. The summed E-state index contributed by atoms with van der Waals surface area (Å²) >= 11 is 0. The van der Waals surface area contributed by atoms with Crippen molar-refractivity contribution in [3.8, 4) is 11.5 Å². The van der Waals surface area contributed by atoms with Crippen LogP contribution < -0.4 is 9.47 Å². The number of ether oxygens (including phenoxy) is 3. The van der Waals surface area contributed by atoms with E-state index in [2.05, 4.69) is 32.9 Å². The fourth-order valence-electron chi connectivity index (χ4n) is 5.79. The van der Waals surface area contributed by atoms with Crippen LogP contribution >= 0.6 is 0 Å². The third-order valence-electron chi connectivity index (χ3n) is 7.44. The van der Waals surface area contributed by atoms with Crippen molar-refractivity contribution in [3.63, 3.8) is 0 Å². The van der Waals surface area contributed by atoms with Gasteiger partial charge in [0.05, 0.1) is 20.3 Å². The van der Waals surface area contributed by atoms with Crippen LogP contribution in [0.25, 0.3) is 0 Å². The first kappa shape index (κ1) is 22.1. The molecule has 0 amide bonds. The molecule has 2 aliphatic carbocycles. The highest BCUT2D eigenvalue weighted by Crippen LogP contribution is 2.56. The van der Waals surface area contributed by atoms with Crippen LogP contribution in [0, 0.1) is 23.2 Å². The highest BCUT2D eigenvalue weighted by molar-refractivity contribution is 5.82. The maximum Gasteiger partial charge on any atom is 0.136 e. The van der Waals surface area contributed by atoms with Gasteiger partial charge in [-0.1, -0.05) is 27.2 Å². The van der Waals surface area contributed by atoms with E-state index in [0.29, 0.717) is 30.1 Å². The molecule has 0 bridgehead atoms. The fraction of sp³-hybridized carbons (Fsp3) is 0.720. The molecule has 162 valence electrons. The number of hydrogen-bond acceptors (Lipinski definition) is 4. The number of ketones is 1. The molecule has 5 atom stereocenters. The van der Waals surface area contributed by atoms with E-state index in [4.69, 9.17) is 14.2 Å². The lowest BCUT2D eigenvalue weighted by Crippen LogP contribution is -2.46. The standard InChI is InChI=1S/C25H38O4/c1-6-7-12-29-23-9-8-21-24(22(26)10-11-25(21,23)3)17(2)13-18-14-19(27-4)16-20(15-18)28-5/h14-17,21,23-24H,6-13H2,1-5H3/t17-,21?,23?,24?,25?/m1/s1. The van der Waals surface area contributed by atoms with Crippen LogP contribution in [0.1, 0.15) is 64.9 Å². The van der Waals surface area contributed by atoms with Crippen molar-refractivity contribution in [1.82, 2.24) is 0 Å². The second kappa shape index (κ2) is 9.51. The van der Waals surface area contributed by atoms with E-state index in [1.807, 2.05) is 6.07 Å². The zero-order valence-electron chi connectivity index (χ0n) is 18.8. The van der Waals surface area contributed by atoms with Crippen LogP contribution in [-0.2, 0) is 16.0 Å². The average Bonchev–Trinajstić information content (AvgIpc) is 3.04. The summed E-state index contributed by atoms with van der Waals surface area (Å²) in [6, 6.07) is 6.03. The van der Waals surface area contributed by atoms with E-state index in [0.717, 1.165) is 56.6 Å². The average molecular weight is 403 g/mol. The lowest BCUT2D eigenvalue weighted by atomic mass is 9.59. The smallest absolute Gasteiger partial charge is 0.136 e. The molecule has 0 radical (unpaired) electrons. The van der Waals surface area contributed by atoms with Gasteiger partial charge in [-0.05, 0) is 67.1 Å². The molecule has 29 heavy (non-hydrogen) atoms. The van der Waals surface area contributed by atoms with E-state index in [1.54, 1.807) is 14.2 Å². The van der Waals surface area contributed by atoms with Crippen molar-refractivity contribution in [3.05, 3.63) is 23.8 Å². The molecule has 1 aromatic rings. The van der Waals surface area contributed by atoms with Crippen molar-refractivity contribution in [2.24, 2.45) is 23.2 Å². The monoisotopic (exact) mass is 402 g/mol. The van der Waals surface area contributed by atoms with Gasteiger partial charge in [0, 0.05) is 25.0 Å². The first-order chi connectivity index (χ1) is 13.9. The summed E-state index contributed by atoms with van der Waals surface area (Å²) in [7, 11) is 3.35. The topological polar surface area (TPSA) is 44.8 Å². The van der Waals surface area contributed by atoms with Gasteiger partial charge in [-0.3, -0.25) is 4.79 Å². The van der Waals surface area contributed by atoms with Crippen molar-refractivity contribution in [1.29, 1.82) is 0 Å². The molecule has 4 heteroatoms. The van der Waals surface area contributed by atoms with Gasteiger partial charge in [-0.15, -0.1) is 0 Å². The number of unbranched alkanes of at least 4 members (excludes halogenated alkanes) is 1. The summed E-state index contributed by atoms with van der Waals surface area (Å²) in [6.07, 6.45) is 7.31. The number of benzene rings is 1. The van der Waals surface area contributed by atoms with Gasteiger partial charge in [0.2, 0.25) is 0 Å². The highest BCUT2D eigenvalue weighted by atomic mass is 16.5. The summed E-state index contributed by atoms with van der Waals surface area (Å²) in [5, 5.41) is 0. The van der Waals surface area contributed by atoms with E-state index < -0.39 is 0 Å². The number of Topliss-reactive ketones (excluding diaryl/α,β-unsaturated/α-hetero) is 1. The molecule has 0 heterocycles. The molecule has 4 unspecified atom stereocenters. The van der Waals surface area contributed by atoms with Gasteiger partial charge in [0.1, 0.15) is 17.3 Å². The van der Waals surface area contributed by atoms with E-state index in [1.165, 1.54) is 5.56 Å². The summed E-state index contributed by atoms with van der Waals surface area (Å²) in [5.41, 5.74) is 1.30. The molecule has 0 spiro atoms. The summed E-state index contributed by atoms with van der Waals surface area (Å²) in [6.45, 7) is 7.67. The van der Waals surface area contributed by atoms with E-state index in [-0.39, 0.29) is 11.3 Å². The molecule has 0 saturated heterocycles. The Morgan fingerprint density at radius 1 is 1.14 bits per heavy atom. The Balaban J connectivity index is 1.76. The molecule has 3 rings (SSSR count). The minimum absolute atomic E-state index is 0.116. The summed E-state index contributed by atoms with van der Waals surface area (Å²) in [4.78, 5) is 13.0. The largest absolute Gasteiger partial charge is 0.497 e. The van der Waals surface area contributed by atoms with Crippen LogP contribution in [0.4, 0.5) is 0 Å². The van der Waals surface area contributed by atoms with Gasteiger partial charge < -0.3 is 14.2 Å². The molecule has 0 aromatic heterocycles. The Labute approximate surface area is 176 Å². The maximum absolute atomic E-state index is 13.0. The zero-order chi connectivity index (χ0) is 21.0. The lowest BCUT2D eigenvalue weighted by Gasteiger charge is -2.45. The zero-order valence-corrected chi connectivity index (χ0v) is 18.8. The predicted octanol–water partition coefficient (Wildman–Crippen LogP) is 5.46. The van der Waals surface area contributed by atoms with E-state index >= 15 is 0 Å². The van der Waals surface area contributed by atoms with Gasteiger partial charge >= 0.3 is 0 Å². The van der Waals surface area contributed by atoms with Crippen molar-refractivity contribution in [2.45, 2.75) is 71.8 Å². The predicted molar refractivity (Wildman–Crippen MR) is 116 cm³/mol. The summed E-state index contributed by atoms with van der Waals surface area (Å²) < 4.78 is 17.2. The Hall–Kier alpha value is -1.55. The number of fused-ring (bicyclic) bond motifs is 1. The number of methoxy groups -OCH3 is 2. The second-order valence-corrected chi connectivity index (χ2v) is 9.30. The van der Waals surface area contributed by atoms with Gasteiger partial charge in [-0.25, -0.2) is 0 Å². The molecule has 0 aliphatic heterocycles. The van der Waals surface area contributed by atoms with E-state index in [9.17, 15) is 4.79 Å². The number of hydrogen-bond donors (Lipinski definition) is 0. The van der Waals surface area contributed by atoms with Crippen LogP contribution in [0.5, 0.6) is 11.5 Å². The van der Waals surface area contributed by atoms with Crippen molar-refractivity contribution < 1.29 is 19.0 Å². The van der Waals surface area contributed by atoms with Crippen LogP contribution in [0.2, 0.25) is 0 Å². The lowest BCUT2D eigenvalue weighted by molar-refractivity contribution is -0.137. The number of carbonyl (C=O) groups is 1. The molecular formula is C25H38O4. The summed E-state index contributed by atoms with van der Waals surface area (Å²) in [5.74, 6) is 2.89. The van der Waals surface area contributed by atoms with Crippen LogP contribution in [-0.4, -0.2) is 32.7 Å². The van der Waals surface area contributed by atoms with Gasteiger partial charge in [0.15, 0.2) is 0 Å². The normalized spacial score (nSPS) is 30.1. The molecule has 0 N–H and O–H groups in total. The van der Waals surface area contributed by atoms with Gasteiger partial charge in [0.25, 0.3) is 0 Å². The SMILES string of the molecule is CCCCOC1CCC2C([C@H](C)Cc3cc(OC)cc(OC)c3)C(=O)CCC12C. The fourth-order valence-corrected chi connectivity index (χ4v) is 5.79. The molecular weight excluding hydrogens is 364 g/mol. The molecule has 4 nitrogen and oxygen atoms in total. The van der Waals surface area contributed by atoms with Crippen molar-refractivity contribution >= 4 is 5.78 Å². The highest BCUT2D eigenvalue weighted by Gasteiger charge is 2.55. The van der Waals surface area contributed by atoms with Crippen molar-refractivity contribution in [2.75, 3.05) is 20.8 Å². The first-order valence-corrected chi connectivity index (χ1v) is 11.3. The number of carbonyl (C=O) groups excluding carboxylic acids is 1. The minimum Gasteiger partial charge on any atom is -0.497 e. The molecule has 2 aliphatic rings. The quantitative estimate of drug-likeness (QED) is 0.514. The minimum atomic E-state index is 0.116. The molecule has 2 fully saturated rings. The number of rotatable bonds is 9. The maximum atomic E-state index is 13.0. The molecule has 1 aromatic carbocycles. The Bertz CT molecular complexity index is 678. The second-order valence-electron chi connectivity index (χ2n) is 9.30. The third-order valence-corrected chi connectivity index (χ3v) is 7.44.